The molecule has 1 aromatic carbocycles. The molecular weight excluding hydrogens is 376 g/mol. The summed E-state index contributed by atoms with van der Waals surface area (Å²) >= 11 is 0. The third-order valence-corrected chi connectivity index (χ3v) is 4.38. The molecule has 0 amide bonds. The van der Waals surface area contributed by atoms with E-state index in [1.165, 1.54) is 12.0 Å². The maximum absolute atomic E-state index is 11.6. The van der Waals surface area contributed by atoms with Crippen LogP contribution in [0.5, 0.6) is 0 Å². The Labute approximate surface area is 151 Å². The number of quaternary nitrogens is 1. The summed E-state index contributed by atoms with van der Waals surface area (Å²) < 4.78 is 13.8. The van der Waals surface area contributed by atoms with Crippen LogP contribution in [0, 0.1) is 5.41 Å². The monoisotopic (exact) mass is 398 g/mol. The summed E-state index contributed by atoms with van der Waals surface area (Å²) in [4.78, 5) is 13.1. The van der Waals surface area contributed by atoms with E-state index in [2.05, 4.69) is 0 Å². The van der Waals surface area contributed by atoms with Crippen molar-refractivity contribution in [2.45, 2.75) is 13.1 Å². The lowest BCUT2D eigenvalue weighted by Crippen LogP contribution is -3.14. The van der Waals surface area contributed by atoms with Gasteiger partial charge < -0.3 is 35.9 Å². The molecule has 0 unspecified atom stereocenters. The minimum absolute atomic E-state index is 0. The zero-order valence-electron chi connectivity index (χ0n) is 13.8. The minimum atomic E-state index is -0.342. The molecule has 1 fully saturated rings. The Hall–Kier alpha value is -1.64. The molecule has 2 aromatic rings. The number of imidazole rings is 1. The van der Waals surface area contributed by atoms with Gasteiger partial charge in [-0.2, -0.15) is 0 Å². The van der Waals surface area contributed by atoms with E-state index in [0.717, 1.165) is 50.4 Å². The molecule has 3 rings (SSSR count). The fraction of sp³-hybridized carbons (Fsp3) is 0.500. The van der Waals surface area contributed by atoms with E-state index in [1.807, 2.05) is 28.8 Å². The van der Waals surface area contributed by atoms with Crippen molar-refractivity contribution in [3.63, 3.8) is 0 Å². The van der Waals surface area contributed by atoms with Crippen LogP contribution in [-0.4, -0.2) is 55.1 Å². The third kappa shape index (κ3) is 3.88. The molecule has 0 saturated carbocycles. The normalized spacial score (nSPS) is 15.2. The van der Waals surface area contributed by atoms with E-state index in [1.54, 1.807) is 4.57 Å². The van der Waals surface area contributed by atoms with Crippen molar-refractivity contribution in [2.24, 2.45) is 0 Å². The van der Waals surface area contributed by atoms with Crippen molar-refractivity contribution < 1.29 is 36.1 Å². The second-order valence-corrected chi connectivity index (χ2v) is 5.74. The number of hydrogen-bond donors (Lipinski definition) is 2. The van der Waals surface area contributed by atoms with Crippen molar-refractivity contribution in [3.8, 4) is 0 Å². The molecular formula is C16H23BrN4O3. The zero-order valence-corrected chi connectivity index (χ0v) is 15.3. The van der Waals surface area contributed by atoms with Gasteiger partial charge in [-0.3, -0.25) is 14.8 Å². The van der Waals surface area contributed by atoms with Crippen LogP contribution in [0.1, 0.15) is 0 Å². The standard InChI is InChI=1S/C16H22N4O3.BrH/c1-22-15(21)12-20-14-5-3-2-4-13(14)19(16(20)17)7-6-18-8-10-23-11-9-18;/h2-5,17H,6-12H2,1H3;1H. The molecule has 0 radical (unpaired) electrons. The molecule has 1 saturated heterocycles. The highest BCUT2D eigenvalue weighted by molar-refractivity contribution is 5.78. The number of benzene rings is 1. The molecule has 2 heterocycles. The summed E-state index contributed by atoms with van der Waals surface area (Å²) in [6.45, 7) is 5.39. The van der Waals surface area contributed by atoms with E-state index in [9.17, 15) is 4.79 Å². The van der Waals surface area contributed by atoms with Crippen LogP contribution in [0.4, 0.5) is 0 Å². The molecule has 0 atom stereocenters. The lowest BCUT2D eigenvalue weighted by atomic mass is 10.3. The second-order valence-electron chi connectivity index (χ2n) is 5.74. The fourth-order valence-corrected chi connectivity index (χ4v) is 3.05. The number of methoxy groups -OCH3 is 1. The molecule has 1 aliphatic rings. The van der Waals surface area contributed by atoms with Crippen molar-refractivity contribution >= 4 is 17.0 Å². The molecule has 8 heteroatoms. The van der Waals surface area contributed by atoms with Crippen molar-refractivity contribution in [1.29, 1.82) is 5.41 Å². The maximum atomic E-state index is 11.6. The lowest BCUT2D eigenvalue weighted by Gasteiger charge is -2.23. The summed E-state index contributed by atoms with van der Waals surface area (Å²) in [6.07, 6.45) is 0. The van der Waals surface area contributed by atoms with Crippen molar-refractivity contribution in [1.82, 2.24) is 9.13 Å². The predicted molar refractivity (Wildman–Crippen MR) is 84.2 cm³/mol. The summed E-state index contributed by atoms with van der Waals surface area (Å²) in [5.74, 6) is -0.342. The first kappa shape index (κ1) is 18.7. The van der Waals surface area contributed by atoms with Gasteiger partial charge in [-0.15, -0.1) is 0 Å². The topological polar surface area (TPSA) is 73.7 Å². The molecule has 7 nitrogen and oxygen atoms in total. The van der Waals surface area contributed by atoms with Gasteiger partial charge in [0.05, 0.1) is 44.4 Å². The number of carbonyl (C=O) groups is 1. The van der Waals surface area contributed by atoms with Gasteiger partial charge >= 0.3 is 5.97 Å². The summed E-state index contributed by atoms with van der Waals surface area (Å²) in [7, 11) is 1.37. The number of hydrogen-bond acceptors (Lipinski definition) is 4. The third-order valence-electron chi connectivity index (χ3n) is 4.38. The van der Waals surface area contributed by atoms with Crippen LogP contribution in [0.3, 0.4) is 0 Å². The molecule has 1 aromatic heterocycles. The van der Waals surface area contributed by atoms with E-state index in [0.29, 0.717) is 5.62 Å². The Balaban J connectivity index is 0.00000208. The summed E-state index contributed by atoms with van der Waals surface area (Å²) in [5.41, 5.74) is 2.21. The molecule has 0 aliphatic carbocycles. The van der Waals surface area contributed by atoms with Crippen LogP contribution >= 0.6 is 0 Å². The quantitative estimate of drug-likeness (QED) is 0.504. The first-order valence-corrected chi connectivity index (χ1v) is 7.91. The van der Waals surface area contributed by atoms with Gasteiger partial charge in [0, 0.05) is 0 Å². The first-order valence-electron chi connectivity index (χ1n) is 7.91. The number of halogens is 1. The number of carbonyl (C=O) groups excluding carboxylic acids is 1. The highest BCUT2D eigenvalue weighted by Gasteiger charge is 2.17. The van der Waals surface area contributed by atoms with Gasteiger partial charge in [0.2, 0.25) is 5.62 Å². The van der Waals surface area contributed by atoms with Crippen LogP contribution in [0.2, 0.25) is 0 Å². The SMILES string of the molecule is COC(=O)Cn1c(=N)n(CC[NH+]2CCOCC2)c2ccccc21.[Br-]. The Kier molecular flexibility index (Phi) is 6.59. The highest BCUT2D eigenvalue weighted by atomic mass is 79.9. The molecule has 2 N–H and O–H groups in total. The van der Waals surface area contributed by atoms with Crippen LogP contribution in [-0.2, 0) is 27.4 Å². The highest BCUT2D eigenvalue weighted by Crippen LogP contribution is 2.12. The number of nitrogens with zero attached hydrogens (tertiary/aromatic N) is 2. The lowest BCUT2D eigenvalue weighted by molar-refractivity contribution is -0.908. The van der Waals surface area contributed by atoms with E-state index in [-0.39, 0.29) is 29.5 Å². The number of ether oxygens (including phenoxy) is 2. The van der Waals surface area contributed by atoms with Gasteiger partial charge in [-0.1, -0.05) is 12.1 Å². The van der Waals surface area contributed by atoms with Crippen LogP contribution < -0.4 is 27.5 Å². The fourth-order valence-electron chi connectivity index (χ4n) is 3.05. The van der Waals surface area contributed by atoms with E-state index >= 15 is 0 Å². The predicted octanol–water partition coefficient (Wildman–Crippen LogP) is -3.99. The average molecular weight is 399 g/mol. The van der Waals surface area contributed by atoms with Gasteiger partial charge in [0.25, 0.3) is 0 Å². The molecule has 132 valence electrons. The Bertz CT molecular complexity index is 749. The summed E-state index contributed by atoms with van der Waals surface area (Å²) in [5, 5.41) is 8.44. The molecule has 1 aliphatic heterocycles. The van der Waals surface area contributed by atoms with Crippen molar-refractivity contribution in [3.05, 3.63) is 29.9 Å². The first-order chi connectivity index (χ1) is 11.2. The van der Waals surface area contributed by atoms with Gasteiger partial charge in [-0.05, 0) is 12.1 Å². The number of nitrogens with one attached hydrogen (secondary N) is 2. The largest absolute Gasteiger partial charge is 1.00 e. The number of fused-ring (bicyclic) bond motifs is 1. The average Bonchev–Trinajstić information content (AvgIpc) is 2.86. The number of esters is 1. The van der Waals surface area contributed by atoms with Crippen molar-refractivity contribution in [2.75, 3.05) is 40.0 Å². The maximum Gasteiger partial charge on any atom is 0.325 e. The number of aromatic nitrogens is 2. The van der Waals surface area contributed by atoms with Gasteiger partial charge in [0.1, 0.15) is 19.6 Å². The van der Waals surface area contributed by atoms with E-state index in [4.69, 9.17) is 14.9 Å². The molecule has 0 bridgehead atoms. The number of para-hydroxylation sites is 2. The Morgan fingerprint density at radius 1 is 1.25 bits per heavy atom. The number of morpholine rings is 1. The van der Waals surface area contributed by atoms with Crippen LogP contribution in [0.25, 0.3) is 11.0 Å². The molecule has 0 spiro atoms. The van der Waals surface area contributed by atoms with Crippen LogP contribution in [0.15, 0.2) is 24.3 Å². The smallest absolute Gasteiger partial charge is 0.325 e. The zero-order chi connectivity index (χ0) is 16.2. The Morgan fingerprint density at radius 2 is 1.88 bits per heavy atom. The summed E-state index contributed by atoms with van der Waals surface area (Å²) in [6, 6.07) is 7.82. The van der Waals surface area contributed by atoms with E-state index < -0.39 is 0 Å². The Morgan fingerprint density at radius 3 is 2.50 bits per heavy atom. The van der Waals surface area contributed by atoms with Gasteiger partial charge in [-0.25, -0.2) is 0 Å². The second kappa shape index (κ2) is 8.46. The number of rotatable bonds is 5. The van der Waals surface area contributed by atoms with Gasteiger partial charge in [0.15, 0.2) is 0 Å². The minimum Gasteiger partial charge on any atom is -1.00 e. The molecule has 24 heavy (non-hydrogen) atoms.